The second-order valence-electron chi connectivity index (χ2n) is 4.97. The van der Waals surface area contributed by atoms with Crippen LogP contribution in [0.15, 0.2) is 29.3 Å². The first-order chi connectivity index (χ1) is 11.0. The van der Waals surface area contributed by atoms with Crippen LogP contribution < -0.4 is 15.3 Å². The SMILES string of the molecule is COc1cc(OC)c(Cl)c(-c2ccc3c(c2)CN(N)[C]=N3)c1Cl. The van der Waals surface area contributed by atoms with Crippen LogP contribution in [0.5, 0.6) is 11.5 Å². The summed E-state index contributed by atoms with van der Waals surface area (Å²) in [5, 5.41) is 2.24. The number of halogens is 2. The third kappa shape index (κ3) is 2.83. The molecule has 2 aromatic carbocycles. The molecule has 0 unspecified atom stereocenters. The maximum absolute atomic E-state index is 6.45. The van der Waals surface area contributed by atoms with Gasteiger partial charge in [0.05, 0.1) is 36.5 Å². The highest BCUT2D eigenvalue weighted by molar-refractivity contribution is 6.41. The number of hydrogen-bond acceptors (Lipinski definition) is 5. The molecular weight excluding hydrogens is 337 g/mol. The standard InChI is InChI=1S/C16H14Cl2N3O2/c1-22-12-6-13(23-2)16(18)14(15(12)17)9-3-4-11-10(5-9)7-21(19)8-20-11/h3-6H,7,19H2,1-2H3. The summed E-state index contributed by atoms with van der Waals surface area (Å²) in [7, 11) is 3.09. The summed E-state index contributed by atoms with van der Waals surface area (Å²) in [6.45, 7) is 0.503. The zero-order chi connectivity index (χ0) is 16.6. The molecule has 7 heteroatoms. The van der Waals surface area contributed by atoms with Crippen LogP contribution in [0.25, 0.3) is 11.1 Å². The van der Waals surface area contributed by atoms with Crippen molar-refractivity contribution in [2.75, 3.05) is 14.2 Å². The molecule has 1 aliphatic rings. The summed E-state index contributed by atoms with van der Waals surface area (Å²) >= 11 is 12.9. The third-order valence-corrected chi connectivity index (χ3v) is 4.33. The van der Waals surface area contributed by atoms with Gasteiger partial charge in [-0.15, -0.1) is 0 Å². The van der Waals surface area contributed by atoms with Gasteiger partial charge in [-0.1, -0.05) is 29.3 Å². The molecule has 0 saturated heterocycles. The summed E-state index contributed by atoms with van der Waals surface area (Å²) in [4.78, 5) is 4.16. The van der Waals surface area contributed by atoms with E-state index < -0.39 is 0 Å². The Bertz CT molecular complexity index is 765. The van der Waals surface area contributed by atoms with Crippen molar-refractivity contribution in [1.82, 2.24) is 5.01 Å². The third-order valence-electron chi connectivity index (χ3n) is 3.58. The monoisotopic (exact) mass is 350 g/mol. The van der Waals surface area contributed by atoms with Gasteiger partial charge in [0.2, 0.25) is 0 Å². The van der Waals surface area contributed by atoms with E-state index in [1.807, 2.05) is 18.2 Å². The number of rotatable bonds is 3. The lowest BCUT2D eigenvalue weighted by Crippen LogP contribution is -2.30. The number of hydrogen-bond donors (Lipinski definition) is 1. The minimum Gasteiger partial charge on any atom is -0.495 e. The summed E-state index contributed by atoms with van der Waals surface area (Å²) in [5.41, 5.74) is 3.26. The van der Waals surface area contributed by atoms with E-state index in [2.05, 4.69) is 11.3 Å². The highest BCUT2D eigenvalue weighted by Gasteiger charge is 2.20. The van der Waals surface area contributed by atoms with Gasteiger partial charge in [-0.2, -0.15) is 0 Å². The Balaban J connectivity index is 2.19. The summed E-state index contributed by atoms with van der Waals surface area (Å²) in [6.07, 6.45) is 2.70. The van der Waals surface area contributed by atoms with Crippen LogP contribution in [-0.4, -0.2) is 25.6 Å². The van der Waals surface area contributed by atoms with Crippen molar-refractivity contribution >= 4 is 35.2 Å². The summed E-state index contributed by atoms with van der Waals surface area (Å²) in [6, 6.07) is 7.38. The quantitative estimate of drug-likeness (QED) is 0.852. The number of nitrogens with two attached hydrogens (primary N) is 1. The van der Waals surface area contributed by atoms with E-state index in [1.165, 1.54) is 5.01 Å². The highest BCUT2D eigenvalue weighted by atomic mass is 35.5. The van der Waals surface area contributed by atoms with Gasteiger partial charge in [0, 0.05) is 11.6 Å². The topological polar surface area (TPSA) is 60.1 Å². The van der Waals surface area contributed by atoms with Crippen molar-refractivity contribution in [3.05, 3.63) is 39.9 Å². The minimum atomic E-state index is 0.425. The zero-order valence-electron chi connectivity index (χ0n) is 12.6. The number of aliphatic imine (C=N–C) groups is 1. The van der Waals surface area contributed by atoms with Crippen LogP contribution in [-0.2, 0) is 6.54 Å². The van der Waals surface area contributed by atoms with Crippen LogP contribution >= 0.6 is 23.2 Å². The molecule has 0 amide bonds. The zero-order valence-corrected chi connectivity index (χ0v) is 14.1. The molecular formula is C16H14Cl2N3O2. The average molecular weight is 351 g/mol. The molecule has 0 atom stereocenters. The number of ether oxygens (including phenoxy) is 2. The molecule has 2 aromatic rings. The van der Waals surface area contributed by atoms with E-state index >= 15 is 0 Å². The Morgan fingerprint density at radius 2 is 1.78 bits per heavy atom. The molecule has 119 valence electrons. The van der Waals surface area contributed by atoms with E-state index in [0.29, 0.717) is 33.7 Å². The molecule has 0 fully saturated rings. The van der Waals surface area contributed by atoms with Gasteiger partial charge in [0.15, 0.2) is 6.34 Å². The second-order valence-corrected chi connectivity index (χ2v) is 5.72. The molecule has 23 heavy (non-hydrogen) atoms. The Labute approximate surface area is 144 Å². The van der Waals surface area contributed by atoms with Gasteiger partial charge in [-0.25, -0.2) is 10.8 Å². The Hall–Kier alpha value is -1.95. The first kappa shape index (κ1) is 15.9. The van der Waals surface area contributed by atoms with E-state index in [0.717, 1.165) is 16.8 Å². The van der Waals surface area contributed by atoms with Gasteiger partial charge in [-0.05, 0) is 23.3 Å². The lowest BCUT2D eigenvalue weighted by molar-refractivity contribution is 0.395. The predicted octanol–water partition coefficient (Wildman–Crippen LogP) is 3.90. The molecule has 5 nitrogen and oxygen atoms in total. The number of nitrogens with zero attached hydrogens (tertiary/aromatic N) is 2. The number of fused-ring (bicyclic) bond motifs is 1. The number of benzene rings is 2. The maximum atomic E-state index is 6.45. The lowest BCUT2D eigenvalue weighted by Gasteiger charge is -2.20. The Morgan fingerprint density at radius 3 is 2.39 bits per heavy atom. The van der Waals surface area contributed by atoms with Gasteiger partial charge in [-0.3, -0.25) is 5.01 Å². The normalized spacial score (nSPS) is 13.0. The second kappa shape index (κ2) is 6.28. The van der Waals surface area contributed by atoms with Gasteiger partial charge < -0.3 is 9.47 Å². The molecule has 0 aliphatic carbocycles. The average Bonchev–Trinajstić information content (AvgIpc) is 2.55. The molecule has 0 bridgehead atoms. The van der Waals surface area contributed by atoms with Crippen molar-refractivity contribution in [3.8, 4) is 22.6 Å². The summed E-state index contributed by atoms with van der Waals surface area (Å²) < 4.78 is 10.6. The predicted molar refractivity (Wildman–Crippen MR) is 91.8 cm³/mol. The van der Waals surface area contributed by atoms with Crippen LogP contribution in [0.2, 0.25) is 10.0 Å². The van der Waals surface area contributed by atoms with Crippen molar-refractivity contribution in [3.63, 3.8) is 0 Å². The van der Waals surface area contributed by atoms with E-state index in [4.69, 9.17) is 38.5 Å². The van der Waals surface area contributed by atoms with Crippen LogP contribution in [0, 0.1) is 0 Å². The molecule has 1 heterocycles. The number of methoxy groups -OCH3 is 2. The molecule has 1 aliphatic heterocycles. The van der Waals surface area contributed by atoms with Crippen LogP contribution in [0.4, 0.5) is 5.69 Å². The Morgan fingerprint density at radius 1 is 1.13 bits per heavy atom. The van der Waals surface area contributed by atoms with Gasteiger partial charge in [0.25, 0.3) is 0 Å². The number of hydrazine groups is 1. The van der Waals surface area contributed by atoms with Gasteiger partial charge in [0.1, 0.15) is 11.5 Å². The van der Waals surface area contributed by atoms with Crippen LogP contribution in [0.1, 0.15) is 5.56 Å². The minimum absolute atomic E-state index is 0.425. The molecule has 0 saturated carbocycles. The fraction of sp³-hybridized carbons (Fsp3) is 0.188. The lowest BCUT2D eigenvalue weighted by atomic mass is 10.0. The molecule has 1 radical (unpaired) electrons. The van der Waals surface area contributed by atoms with Crippen molar-refractivity contribution in [1.29, 1.82) is 0 Å². The van der Waals surface area contributed by atoms with Crippen molar-refractivity contribution in [2.45, 2.75) is 6.54 Å². The molecule has 0 aromatic heterocycles. The van der Waals surface area contributed by atoms with E-state index in [9.17, 15) is 0 Å². The van der Waals surface area contributed by atoms with Crippen molar-refractivity contribution < 1.29 is 9.47 Å². The van der Waals surface area contributed by atoms with E-state index in [1.54, 1.807) is 20.3 Å². The first-order valence-corrected chi connectivity index (χ1v) is 7.52. The molecule has 3 rings (SSSR count). The largest absolute Gasteiger partial charge is 0.495 e. The summed E-state index contributed by atoms with van der Waals surface area (Å²) in [5.74, 6) is 6.71. The Kier molecular flexibility index (Phi) is 4.35. The van der Waals surface area contributed by atoms with Gasteiger partial charge >= 0.3 is 0 Å². The molecule has 2 N–H and O–H groups in total. The fourth-order valence-electron chi connectivity index (χ4n) is 2.45. The first-order valence-electron chi connectivity index (χ1n) is 6.77. The smallest absolute Gasteiger partial charge is 0.188 e. The fourth-order valence-corrected chi connectivity index (χ4v) is 3.17. The highest BCUT2D eigenvalue weighted by Crippen LogP contribution is 2.46. The van der Waals surface area contributed by atoms with E-state index in [-0.39, 0.29) is 0 Å². The maximum Gasteiger partial charge on any atom is 0.188 e. The molecule has 0 spiro atoms. The van der Waals surface area contributed by atoms with Crippen molar-refractivity contribution in [2.24, 2.45) is 10.8 Å². The van der Waals surface area contributed by atoms with Crippen LogP contribution in [0.3, 0.4) is 0 Å².